The molecule has 0 unspecified atom stereocenters. The van der Waals surface area contributed by atoms with Gasteiger partial charge in [-0.2, -0.15) is 0 Å². The summed E-state index contributed by atoms with van der Waals surface area (Å²) in [6.07, 6.45) is 7.27. The van der Waals surface area contributed by atoms with Crippen LogP contribution in [0.15, 0.2) is 79.4 Å². The van der Waals surface area contributed by atoms with Gasteiger partial charge in [-0.3, -0.25) is 9.97 Å². The summed E-state index contributed by atoms with van der Waals surface area (Å²) in [6.45, 7) is 0. The van der Waals surface area contributed by atoms with E-state index in [0.29, 0.717) is 0 Å². The molecular formula is C19H14N4. The zero-order chi connectivity index (χ0) is 15.5. The minimum atomic E-state index is 0.828. The van der Waals surface area contributed by atoms with E-state index in [-0.39, 0.29) is 0 Å². The van der Waals surface area contributed by atoms with Gasteiger partial charge in [0.1, 0.15) is 5.82 Å². The quantitative estimate of drug-likeness (QED) is 0.616. The molecule has 3 aromatic heterocycles. The molecule has 4 nitrogen and oxygen atoms in total. The van der Waals surface area contributed by atoms with Crippen molar-refractivity contribution in [1.29, 1.82) is 0 Å². The lowest BCUT2D eigenvalue weighted by Gasteiger charge is -2.01. The van der Waals surface area contributed by atoms with Gasteiger partial charge in [0.2, 0.25) is 0 Å². The molecule has 0 aliphatic heterocycles. The first kappa shape index (κ1) is 13.4. The van der Waals surface area contributed by atoms with Crippen LogP contribution in [-0.4, -0.2) is 19.9 Å². The Kier molecular flexibility index (Phi) is 3.41. The number of imidazole rings is 1. The van der Waals surface area contributed by atoms with Gasteiger partial charge in [-0.25, -0.2) is 4.98 Å². The highest BCUT2D eigenvalue weighted by Gasteiger charge is 2.07. The summed E-state index contributed by atoms with van der Waals surface area (Å²) in [5.74, 6) is 0.828. The zero-order valence-corrected chi connectivity index (χ0v) is 12.3. The number of H-pyrrole nitrogens is 1. The molecular weight excluding hydrogens is 284 g/mol. The van der Waals surface area contributed by atoms with E-state index in [4.69, 9.17) is 0 Å². The fraction of sp³-hybridized carbons (Fsp3) is 0. The van der Waals surface area contributed by atoms with Crippen molar-refractivity contribution in [2.24, 2.45) is 0 Å². The predicted molar refractivity (Wildman–Crippen MR) is 90.5 cm³/mol. The third kappa shape index (κ3) is 2.74. The molecule has 0 radical (unpaired) electrons. The molecule has 0 bridgehead atoms. The molecule has 0 saturated heterocycles. The second kappa shape index (κ2) is 5.85. The van der Waals surface area contributed by atoms with Gasteiger partial charge in [0.25, 0.3) is 0 Å². The van der Waals surface area contributed by atoms with Crippen LogP contribution in [-0.2, 0) is 0 Å². The van der Waals surface area contributed by atoms with E-state index in [1.165, 1.54) is 0 Å². The van der Waals surface area contributed by atoms with Crippen molar-refractivity contribution in [3.63, 3.8) is 0 Å². The Labute approximate surface area is 133 Å². The summed E-state index contributed by atoms with van der Waals surface area (Å²) in [6, 6.07) is 18.1. The van der Waals surface area contributed by atoms with E-state index in [9.17, 15) is 0 Å². The summed E-state index contributed by atoms with van der Waals surface area (Å²) >= 11 is 0. The van der Waals surface area contributed by atoms with Crippen LogP contribution < -0.4 is 0 Å². The Morgan fingerprint density at radius 2 is 1.52 bits per heavy atom. The molecule has 0 aliphatic rings. The van der Waals surface area contributed by atoms with Gasteiger partial charge in [0.05, 0.1) is 11.4 Å². The number of rotatable bonds is 3. The van der Waals surface area contributed by atoms with Crippen molar-refractivity contribution in [3.8, 4) is 33.9 Å². The Hall–Kier alpha value is -3.27. The van der Waals surface area contributed by atoms with Crippen molar-refractivity contribution in [1.82, 2.24) is 19.9 Å². The molecule has 0 atom stereocenters. The maximum absolute atomic E-state index is 4.63. The highest BCUT2D eigenvalue weighted by atomic mass is 14.9. The zero-order valence-electron chi connectivity index (χ0n) is 12.3. The predicted octanol–water partition coefficient (Wildman–Crippen LogP) is 4.20. The number of benzene rings is 1. The maximum atomic E-state index is 4.63. The average molecular weight is 298 g/mol. The molecule has 1 N–H and O–H groups in total. The van der Waals surface area contributed by atoms with Gasteiger partial charge >= 0.3 is 0 Å². The number of hydrogen-bond donors (Lipinski definition) is 1. The fourth-order valence-electron chi connectivity index (χ4n) is 2.45. The molecule has 0 amide bonds. The SMILES string of the molecule is c1ccc(-c2ccc(-c3c[nH]c(-c4ccncc4)n3)cn2)cc1. The Morgan fingerprint density at radius 3 is 2.26 bits per heavy atom. The molecule has 4 heteroatoms. The molecule has 23 heavy (non-hydrogen) atoms. The van der Waals surface area contributed by atoms with E-state index in [1.54, 1.807) is 12.4 Å². The second-order valence-corrected chi connectivity index (χ2v) is 5.17. The fourth-order valence-corrected chi connectivity index (χ4v) is 2.45. The monoisotopic (exact) mass is 298 g/mol. The van der Waals surface area contributed by atoms with Crippen molar-refractivity contribution in [2.45, 2.75) is 0 Å². The minimum absolute atomic E-state index is 0.828. The smallest absolute Gasteiger partial charge is 0.138 e. The van der Waals surface area contributed by atoms with Crippen LogP contribution in [0.2, 0.25) is 0 Å². The second-order valence-electron chi connectivity index (χ2n) is 5.17. The number of nitrogens with one attached hydrogen (secondary N) is 1. The first-order chi connectivity index (χ1) is 11.4. The van der Waals surface area contributed by atoms with Crippen LogP contribution in [0.3, 0.4) is 0 Å². The molecule has 0 fully saturated rings. The van der Waals surface area contributed by atoms with Gasteiger partial charge in [0, 0.05) is 41.5 Å². The van der Waals surface area contributed by atoms with E-state index in [1.807, 2.05) is 54.9 Å². The van der Waals surface area contributed by atoms with Crippen molar-refractivity contribution >= 4 is 0 Å². The van der Waals surface area contributed by atoms with Crippen LogP contribution in [0.25, 0.3) is 33.9 Å². The molecule has 0 saturated carbocycles. The van der Waals surface area contributed by atoms with Gasteiger partial charge < -0.3 is 4.98 Å². The van der Waals surface area contributed by atoms with Crippen LogP contribution in [0.5, 0.6) is 0 Å². The lowest BCUT2D eigenvalue weighted by Crippen LogP contribution is -1.85. The van der Waals surface area contributed by atoms with E-state index in [2.05, 4.69) is 32.1 Å². The number of hydrogen-bond acceptors (Lipinski definition) is 3. The third-order valence-corrected chi connectivity index (χ3v) is 3.66. The lowest BCUT2D eigenvalue weighted by molar-refractivity contribution is 1.27. The molecule has 110 valence electrons. The van der Waals surface area contributed by atoms with E-state index < -0.39 is 0 Å². The average Bonchev–Trinajstić information content (AvgIpc) is 3.14. The normalized spacial score (nSPS) is 10.6. The van der Waals surface area contributed by atoms with E-state index >= 15 is 0 Å². The van der Waals surface area contributed by atoms with Crippen LogP contribution in [0.1, 0.15) is 0 Å². The summed E-state index contributed by atoms with van der Waals surface area (Å²) < 4.78 is 0. The molecule has 1 aromatic carbocycles. The Balaban J connectivity index is 1.63. The molecule has 3 heterocycles. The molecule has 4 rings (SSSR count). The molecule has 0 spiro atoms. The first-order valence-corrected chi connectivity index (χ1v) is 7.38. The topological polar surface area (TPSA) is 54.5 Å². The number of pyridine rings is 2. The highest BCUT2D eigenvalue weighted by molar-refractivity contribution is 5.66. The van der Waals surface area contributed by atoms with Crippen LogP contribution in [0, 0.1) is 0 Å². The third-order valence-electron chi connectivity index (χ3n) is 3.66. The molecule has 0 aliphatic carbocycles. The van der Waals surface area contributed by atoms with Crippen molar-refractivity contribution in [2.75, 3.05) is 0 Å². The van der Waals surface area contributed by atoms with Gasteiger partial charge in [-0.05, 0) is 24.3 Å². The molecule has 4 aromatic rings. The number of nitrogens with zero attached hydrogens (tertiary/aromatic N) is 3. The number of aromatic nitrogens is 4. The standard InChI is InChI=1S/C19H14N4/c1-2-4-14(5-3-1)17-7-6-16(12-21-17)18-13-22-19(23-18)15-8-10-20-11-9-15/h1-13H,(H,22,23). The van der Waals surface area contributed by atoms with Gasteiger partial charge in [-0.1, -0.05) is 30.3 Å². The Morgan fingerprint density at radius 1 is 0.696 bits per heavy atom. The first-order valence-electron chi connectivity index (χ1n) is 7.38. The Bertz CT molecular complexity index is 897. The van der Waals surface area contributed by atoms with E-state index in [0.717, 1.165) is 33.9 Å². The van der Waals surface area contributed by atoms with Crippen molar-refractivity contribution < 1.29 is 0 Å². The van der Waals surface area contributed by atoms with Gasteiger partial charge in [-0.15, -0.1) is 0 Å². The maximum Gasteiger partial charge on any atom is 0.138 e. The summed E-state index contributed by atoms with van der Waals surface area (Å²) in [4.78, 5) is 16.4. The van der Waals surface area contributed by atoms with Crippen LogP contribution in [0.4, 0.5) is 0 Å². The van der Waals surface area contributed by atoms with Crippen LogP contribution >= 0.6 is 0 Å². The number of aromatic amines is 1. The summed E-state index contributed by atoms with van der Waals surface area (Å²) in [5, 5.41) is 0. The summed E-state index contributed by atoms with van der Waals surface area (Å²) in [7, 11) is 0. The summed E-state index contributed by atoms with van der Waals surface area (Å²) in [5.41, 5.74) is 4.95. The largest absolute Gasteiger partial charge is 0.344 e. The van der Waals surface area contributed by atoms with Gasteiger partial charge in [0.15, 0.2) is 0 Å². The van der Waals surface area contributed by atoms with Crippen molar-refractivity contribution in [3.05, 3.63) is 79.4 Å². The highest BCUT2D eigenvalue weighted by Crippen LogP contribution is 2.23. The minimum Gasteiger partial charge on any atom is -0.344 e. The lowest BCUT2D eigenvalue weighted by atomic mass is 10.1.